The van der Waals surface area contributed by atoms with Gasteiger partial charge in [0, 0.05) is 0 Å². The fourth-order valence-corrected chi connectivity index (χ4v) is 2.26. The molecule has 0 radical (unpaired) electrons. The van der Waals surface area contributed by atoms with E-state index < -0.39 is 0 Å². The average Bonchev–Trinajstić information content (AvgIpc) is 2.02. The maximum atomic E-state index is 9.56. The van der Waals surface area contributed by atoms with Gasteiger partial charge in [-0.3, -0.25) is 0 Å². The van der Waals surface area contributed by atoms with Gasteiger partial charge in [-0.15, -0.1) is 0 Å². The van der Waals surface area contributed by atoms with Crippen molar-refractivity contribution in [2.45, 2.75) is 52.6 Å². The van der Waals surface area contributed by atoms with Gasteiger partial charge in [0.15, 0.2) is 0 Å². The van der Waals surface area contributed by atoms with E-state index in [-0.39, 0.29) is 6.10 Å². The van der Waals surface area contributed by atoms with Crippen LogP contribution in [-0.4, -0.2) is 11.2 Å². The van der Waals surface area contributed by atoms with Gasteiger partial charge in [0.05, 0.1) is 6.10 Å². The number of aliphatic hydroxyl groups excluding tert-OH is 1. The molecule has 3 atom stereocenters. The summed E-state index contributed by atoms with van der Waals surface area (Å²) in [7, 11) is 0. The van der Waals surface area contributed by atoms with Crippen molar-refractivity contribution in [3.8, 4) is 0 Å². The van der Waals surface area contributed by atoms with Crippen LogP contribution in [0.25, 0.3) is 0 Å². The zero-order valence-electron chi connectivity index (χ0n) is 9.09. The van der Waals surface area contributed by atoms with Crippen molar-refractivity contribution in [3.63, 3.8) is 0 Å². The van der Waals surface area contributed by atoms with Crippen LogP contribution in [-0.2, 0) is 0 Å². The lowest BCUT2D eigenvalue weighted by Crippen LogP contribution is -2.19. The molecule has 0 aromatic rings. The number of hydrogen-bond donors (Lipinski definition) is 1. The summed E-state index contributed by atoms with van der Waals surface area (Å²) in [6, 6.07) is 0. The first kappa shape index (κ1) is 10.8. The quantitative estimate of drug-likeness (QED) is 0.665. The molecule has 1 heteroatoms. The second-order valence-electron chi connectivity index (χ2n) is 4.64. The monoisotopic (exact) mass is 182 g/mol. The summed E-state index contributed by atoms with van der Waals surface area (Å²) in [4.78, 5) is 0. The SMILES string of the molecule is CCC(C)CC1CC(C)=CC(O)C1. The van der Waals surface area contributed by atoms with Crippen molar-refractivity contribution in [1.82, 2.24) is 0 Å². The highest BCUT2D eigenvalue weighted by Crippen LogP contribution is 2.29. The van der Waals surface area contributed by atoms with Gasteiger partial charge < -0.3 is 5.11 Å². The van der Waals surface area contributed by atoms with E-state index in [4.69, 9.17) is 0 Å². The average molecular weight is 182 g/mol. The number of aliphatic hydroxyl groups is 1. The van der Waals surface area contributed by atoms with E-state index in [2.05, 4.69) is 20.8 Å². The Morgan fingerprint density at radius 3 is 2.85 bits per heavy atom. The largest absolute Gasteiger partial charge is 0.389 e. The van der Waals surface area contributed by atoms with E-state index >= 15 is 0 Å². The van der Waals surface area contributed by atoms with Crippen LogP contribution in [0.5, 0.6) is 0 Å². The predicted octanol–water partition coefficient (Wildman–Crippen LogP) is 3.14. The fourth-order valence-electron chi connectivity index (χ4n) is 2.26. The minimum atomic E-state index is -0.178. The molecule has 0 aromatic carbocycles. The topological polar surface area (TPSA) is 20.2 Å². The molecule has 0 bridgehead atoms. The standard InChI is InChI=1S/C12H22O/c1-4-9(2)5-11-6-10(3)7-12(13)8-11/h7,9,11-13H,4-6,8H2,1-3H3. The third-order valence-corrected chi connectivity index (χ3v) is 3.10. The first-order chi connectivity index (χ1) is 6.11. The zero-order valence-corrected chi connectivity index (χ0v) is 9.09. The molecule has 0 aromatic heterocycles. The van der Waals surface area contributed by atoms with E-state index in [1.807, 2.05) is 6.08 Å². The van der Waals surface area contributed by atoms with Crippen LogP contribution in [0.1, 0.15) is 46.5 Å². The van der Waals surface area contributed by atoms with Gasteiger partial charge in [-0.05, 0) is 38.0 Å². The Bertz CT molecular complexity index is 184. The summed E-state index contributed by atoms with van der Waals surface area (Å²) in [5.41, 5.74) is 1.37. The molecule has 0 amide bonds. The molecule has 0 saturated carbocycles. The first-order valence-corrected chi connectivity index (χ1v) is 5.47. The van der Waals surface area contributed by atoms with E-state index in [1.165, 1.54) is 24.8 Å². The van der Waals surface area contributed by atoms with Crippen molar-refractivity contribution >= 4 is 0 Å². The minimum absolute atomic E-state index is 0.178. The number of allylic oxidation sites excluding steroid dienone is 1. The molecule has 0 spiro atoms. The van der Waals surface area contributed by atoms with E-state index in [9.17, 15) is 5.11 Å². The van der Waals surface area contributed by atoms with E-state index in [0.717, 1.165) is 18.3 Å². The molecule has 1 N–H and O–H groups in total. The maximum absolute atomic E-state index is 9.56. The lowest BCUT2D eigenvalue weighted by Gasteiger charge is -2.26. The molecule has 0 aliphatic heterocycles. The van der Waals surface area contributed by atoms with Crippen molar-refractivity contribution in [2.75, 3.05) is 0 Å². The lowest BCUT2D eigenvalue weighted by molar-refractivity contribution is 0.165. The molecular formula is C12H22O. The molecule has 0 saturated heterocycles. The summed E-state index contributed by atoms with van der Waals surface area (Å²) in [6.45, 7) is 6.68. The summed E-state index contributed by atoms with van der Waals surface area (Å²) < 4.78 is 0. The maximum Gasteiger partial charge on any atom is 0.0726 e. The Morgan fingerprint density at radius 2 is 2.31 bits per heavy atom. The fraction of sp³-hybridized carbons (Fsp3) is 0.833. The van der Waals surface area contributed by atoms with Crippen LogP contribution in [0, 0.1) is 11.8 Å². The second-order valence-corrected chi connectivity index (χ2v) is 4.64. The smallest absolute Gasteiger partial charge is 0.0726 e. The van der Waals surface area contributed by atoms with Crippen molar-refractivity contribution in [3.05, 3.63) is 11.6 Å². The predicted molar refractivity (Wildman–Crippen MR) is 56.6 cm³/mol. The van der Waals surface area contributed by atoms with Crippen LogP contribution >= 0.6 is 0 Å². The van der Waals surface area contributed by atoms with Gasteiger partial charge in [0.25, 0.3) is 0 Å². The Labute approximate surface area is 81.9 Å². The normalized spacial score (nSPS) is 31.2. The lowest BCUT2D eigenvalue weighted by atomic mass is 9.82. The molecule has 1 rings (SSSR count). The van der Waals surface area contributed by atoms with E-state index in [0.29, 0.717) is 0 Å². The zero-order chi connectivity index (χ0) is 9.84. The molecule has 0 fully saturated rings. The summed E-state index contributed by atoms with van der Waals surface area (Å²) >= 11 is 0. The van der Waals surface area contributed by atoms with Crippen molar-refractivity contribution < 1.29 is 5.11 Å². The Morgan fingerprint density at radius 1 is 1.62 bits per heavy atom. The Hall–Kier alpha value is -0.300. The molecular weight excluding hydrogens is 160 g/mol. The Balaban J connectivity index is 2.41. The molecule has 1 nitrogen and oxygen atoms in total. The molecule has 76 valence electrons. The highest BCUT2D eigenvalue weighted by Gasteiger charge is 2.20. The van der Waals surface area contributed by atoms with Crippen LogP contribution in [0.2, 0.25) is 0 Å². The van der Waals surface area contributed by atoms with Crippen LogP contribution in [0.3, 0.4) is 0 Å². The minimum Gasteiger partial charge on any atom is -0.389 e. The van der Waals surface area contributed by atoms with Crippen LogP contribution in [0.15, 0.2) is 11.6 Å². The highest BCUT2D eigenvalue weighted by atomic mass is 16.3. The molecule has 0 heterocycles. The third-order valence-electron chi connectivity index (χ3n) is 3.10. The highest BCUT2D eigenvalue weighted by molar-refractivity contribution is 5.07. The summed E-state index contributed by atoms with van der Waals surface area (Å²) in [6.07, 6.45) is 6.53. The number of rotatable bonds is 3. The van der Waals surface area contributed by atoms with Gasteiger partial charge in [-0.25, -0.2) is 0 Å². The van der Waals surface area contributed by atoms with E-state index in [1.54, 1.807) is 0 Å². The van der Waals surface area contributed by atoms with Gasteiger partial charge in [0.1, 0.15) is 0 Å². The van der Waals surface area contributed by atoms with Crippen molar-refractivity contribution in [1.29, 1.82) is 0 Å². The van der Waals surface area contributed by atoms with Gasteiger partial charge in [-0.1, -0.05) is 31.9 Å². The van der Waals surface area contributed by atoms with Crippen LogP contribution < -0.4 is 0 Å². The third kappa shape index (κ3) is 3.51. The molecule has 1 aliphatic rings. The first-order valence-electron chi connectivity index (χ1n) is 5.47. The van der Waals surface area contributed by atoms with Crippen molar-refractivity contribution in [2.24, 2.45) is 11.8 Å². The summed E-state index contributed by atoms with van der Waals surface area (Å²) in [5, 5.41) is 9.56. The van der Waals surface area contributed by atoms with Crippen LogP contribution in [0.4, 0.5) is 0 Å². The molecule has 3 unspecified atom stereocenters. The van der Waals surface area contributed by atoms with Gasteiger partial charge in [-0.2, -0.15) is 0 Å². The summed E-state index contributed by atoms with van der Waals surface area (Å²) in [5.74, 6) is 1.53. The van der Waals surface area contributed by atoms with Gasteiger partial charge in [0.2, 0.25) is 0 Å². The van der Waals surface area contributed by atoms with Gasteiger partial charge >= 0.3 is 0 Å². The Kier molecular flexibility index (Phi) is 3.98. The molecule has 1 aliphatic carbocycles. The second kappa shape index (κ2) is 4.80. The number of hydrogen-bond acceptors (Lipinski definition) is 1. The molecule has 13 heavy (non-hydrogen) atoms.